The van der Waals surface area contributed by atoms with E-state index in [1.807, 2.05) is 0 Å². The van der Waals surface area contributed by atoms with Gasteiger partial charge in [0.15, 0.2) is 0 Å². The van der Waals surface area contributed by atoms with Crippen LogP contribution in [-0.4, -0.2) is 50.7 Å². The molecule has 1 heterocycles. The third kappa shape index (κ3) is 4.54. The minimum Gasteiger partial charge on any atom is -0.481 e. The van der Waals surface area contributed by atoms with Gasteiger partial charge in [-0.05, 0) is 19.8 Å². The van der Waals surface area contributed by atoms with Gasteiger partial charge in [0.1, 0.15) is 9.84 Å². The number of hydrogen-bond acceptors (Lipinski definition) is 5. The molecule has 1 unspecified atom stereocenters. The van der Waals surface area contributed by atoms with Crippen LogP contribution in [0.1, 0.15) is 26.2 Å². The molecule has 0 aromatic heterocycles. The third-order valence-electron chi connectivity index (χ3n) is 2.79. The first-order valence-electron chi connectivity index (χ1n) is 5.56. The predicted octanol–water partition coefficient (Wildman–Crippen LogP) is -0.654. The summed E-state index contributed by atoms with van der Waals surface area (Å²) in [5.41, 5.74) is 0. The Bertz CT molecular complexity index is 495. The number of carbonyl (C=O) groups is 1. The first kappa shape index (κ1) is 15.4. The fourth-order valence-electron chi connectivity index (χ4n) is 1.86. The van der Waals surface area contributed by atoms with Crippen LogP contribution in [0.5, 0.6) is 0 Å². The van der Waals surface area contributed by atoms with Gasteiger partial charge in [-0.25, -0.2) is 21.6 Å². The van der Waals surface area contributed by atoms with Gasteiger partial charge in [-0.2, -0.15) is 0 Å². The highest BCUT2D eigenvalue weighted by molar-refractivity contribution is 7.92. The first-order chi connectivity index (χ1) is 8.12. The minimum absolute atomic E-state index is 0.0669. The van der Waals surface area contributed by atoms with Crippen molar-refractivity contribution in [2.75, 3.05) is 11.5 Å². The second kappa shape index (κ2) is 5.54. The fraction of sp³-hybridized carbons (Fsp3) is 0.889. The molecule has 0 aliphatic carbocycles. The van der Waals surface area contributed by atoms with Crippen molar-refractivity contribution in [1.29, 1.82) is 0 Å². The third-order valence-corrected chi connectivity index (χ3v) is 6.58. The smallest absolute Gasteiger partial charge is 0.304 e. The molecule has 0 aromatic rings. The quantitative estimate of drug-likeness (QED) is 0.696. The predicted molar refractivity (Wildman–Crippen MR) is 65.4 cm³/mol. The van der Waals surface area contributed by atoms with E-state index in [-0.39, 0.29) is 30.8 Å². The number of sulfonamides is 1. The highest BCUT2D eigenvalue weighted by Gasteiger charge is 2.33. The molecule has 1 saturated heterocycles. The van der Waals surface area contributed by atoms with Crippen molar-refractivity contribution in [3.63, 3.8) is 0 Å². The van der Waals surface area contributed by atoms with E-state index in [2.05, 4.69) is 4.72 Å². The van der Waals surface area contributed by atoms with Crippen LogP contribution in [0.15, 0.2) is 0 Å². The molecule has 0 saturated carbocycles. The Hall–Kier alpha value is -0.670. The molecule has 1 atom stereocenters. The zero-order valence-electron chi connectivity index (χ0n) is 10.00. The summed E-state index contributed by atoms with van der Waals surface area (Å²) in [5.74, 6) is -1.35. The van der Waals surface area contributed by atoms with E-state index < -0.39 is 37.1 Å². The molecule has 18 heavy (non-hydrogen) atoms. The van der Waals surface area contributed by atoms with Crippen molar-refractivity contribution >= 4 is 25.8 Å². The lowest BCUT2D eigenvalue weighted by molar-refractivity contribution is -0.137. The molecule has 0 bridgehead atoms. The number of carboxylic acid groups (broad SMARTS) is 1. The van der Waals surface area contributed by atoms with E-state index in [0.717, 1.165) is 0 Å². The number of nitrogens with one attached hydrogen (secondary N) is 1. The van der Waals surface area contributed by atoms with E-state index in [0.29, 0.717) is 0 Å². The van der Waals surface area contributed by atoms with E-state index in [1.165, 1.54) is 6.92 Å². The summed E-state index contributed by atoms with van der Waals surface area (Å²) in [4.78, 5) is 10.4. The van der Waals surface area contributed by atoms with E-state index in [4.69, 9.17) is 5.11 Å². The van der Waals surface area contributed by atoms with Crippen molar-refractivity contribution in [1.82, 2.24) is 4.72 Å². The van der Waals surface area contributed by atoms with Gasteiger partial charge in [-0.3, -0.25) is 4.79 Å². The first-order valence-corrected chi connectivity index (χ1v) is 8.92. The molecule has 1 aliphatic rings. The molecule has 9 heteroatoms. The van der Waals surface area contributed by atoms with E-state index in [9.17, 15) is 21.6 Å². The Balaban J connectivity index is 2.62. The molecule has 0 amide bonds. The van der Waals surface area contributed by atoms with Crippen LogP contribution in [0.25, 0.3) is 0 Å². The summed E-state index contributed by atoms with van der Waals surface area (Å²) in [5, 5.41) is 7.79. The van der Waals surface area contributed by atoms with Crippen molar-refractivity contribution in [3.8, 4) is 0 Å². The molecule has 0 aromatic carbocycles. The van der Waals surface area contributed by atoms with Crippen LogP contribution in [0.4, 0.5) is 0 Å². The summed E-state index contributed by atoms with van der Waals surface area (Å²) in [7, 11) is -6.77. The highest BCUT2D eigenvalue weighted by Crippen LogP contribution is 2.19. The van der Waals surface area contributed by atoms with Crippen LogP contribution >= 0.6 is 0 Å². The van der Waals surface area contributed by atoms with E-state index >= 15 is 0 Å². The Labute approximate surface area is 107 Å². The van der Waals surface area contributed by atoms with Gasteiger partial charge in [0.2, 0.25) is 10.0 Å². The summed E-state index contributed by atoms with van der Waals surface area (Å²) in [6, 6.07) is -0.703. The molecule has 7 nitrogen and oxygen atoms in total. The summed E-state index contributed by atoms with van der Waals surface area (Å²) in [6.45, 7) is 1.46. The average Bonchev–Trinajstić information content (AvgIpc) is 2.13. The number of aliphatic carboxylic acids is 1. The van der Waals surface area contributed by atoms with Gasteiger partial charge in [-0.15, -0.1) is 0 Å². The SMILES string of the molecule is CC(CC(=O)O)NS(=O)(=O)C1CCS(=O)(=O)CC1. The number of carboxylic acids is 1. The molecule has 2 N–H and O–H groups in total. The van der Waals surface area contributed by atoms with Crippen molar-refractivity contribution in [3.05, 3.63) is 0 Å². The van der Waals surface area contributed by atoms with Gasteiger partial charge in [-0.1, -0.05) is 0 Å². The molecule has 0 spiro atoms. The lowest BCUT2D eigenvalue weighted by Gasteiger charge is -2.23. The maximum atomic E-state index is 11.9. The second-order valence-electron chi connectivity index (χ2n) is 4.51. The molecular formula is C9H17NO6S2. The summed E-state index contributed by atoms with van der Waals surface area (Å²) in [6.07, 6.45) is -0.167. The largest absolute Gasteiger partial charge is 0.481 e. The maximum absolute atomic E-state index is 11.9. The molecule has 0 radical (unpaired) electrons. The van der Waals surface area contributed by atoms with Gasteiger partial charge in [0.05, 0.1) is 23.2 Å². The van der Waals surface area contributed by atoms with Crippen LogP contribution in [0.2, 0.25) is 0 Å². The second-order valence-corrected chi connectivity index (χ2v) is 8.81. The molecule has 106 valence electrons. The normalized spacial score (nSPS) is 22.5. The summed E-state index contributed by atoms with van der Waals surface area (Å²) < 4.78 is 48.5. The Kier molecular flexibility index (Phi) is 4.73. The lowest BCUT2D eigenvalue weighted by atomic mass is 10.2. The monoisotopic (exact) mass is 299 g/mol. The van der Waals surface area contributed by atoms with Crippen molar-refractivity contribution < 1.29 is 26.7 Å². The topological polar surface area (TPSA) is 118 Å². The van der Waals surface area contributed by atoms with Crippen LogP contribution in [-0.2, 0) is 24.7 Å². The standard InChI is InChI=1S/C9H17NO6S2/c1-7(6-9(11)12)10-18(15,16)8-2-4-17(13,14)5-3-8/h7-8,10H,2-6H2,1H3,(H,11,12). The Morgan fingerprint density at radius 3 is 2.33 bits per heavy atom. The number of rotatable bonds is 5. The molecule has 1 fully saturated rings. The molecular weight excluding hydrogens is 282 g/mol. The van der Waals surface area contributed by atoms with Crippen molar-refractivity contribution in [2.45, 2.75) is 37.5 Å². The average molecular weight is 299 g/mol. The lowest BCUT2D eigenvalue weighted by Crippen LogP contribution is -2.43. The van der Waals surface area contributed by atoms with Gasteiger partial charge >= 0.3 is 5.97 Å². The Morgan fingerprint density at radius 2 is 1.89 bits per heavy atom. The van der Waals surface area contributed by atoms with Gasteiger partial charge in [0.25, 0.3) is 0 Å². The molecule has 1 aliphatic heterocycles. The van der Waals surface area contributed by atoms with Crippen LogP contribution in [0, 0.1) is 0 Å². The minimum atomic E-state index is -3.66. The van der Waals surface area contributed by atoms with Gasteiger partial charge < -0.3 is 5.11 Å². The molecule has 1 rings (SSSR count). The fourth-order valence-corrected chi connectivity index (χ4v) is 5.34. The van der Waals surface area contributed by atoms with Crippen LogP contribution < -0.4 is 4.72 Å². The van der Waals surface area contributed by atoms with Gasteiger partial charge in [0, 0.05) is 6.04 Å². The highest BCUT2D eigenvalue weighted by atomic mass is 32.2. The van der Waals surface area contributed by atoms with Crippen molar-refractivity contribution in [2.24, 2.45) is 0 Å². The number of hydrogen-bond donors (Lipinski definition) is 2. The number of sulfone groups is 1. The Morgan fingerprint density at radius 1 is 1.39 bits per heavy atom. The van der Waals surface area contributed by atoms with Crippen LogP contribution in [0.3, 0.4) is 0 Å². The zero-order valence-corrected chi connectivity index (χ0v) is 11.6. The zero-order chi connectivity index (χ0) is 14.0. The van der Waals surface area contributed by atoms with E-state index in [1.54, 1.807) is 0 Å². The maximum Gasteiger partial charge on any atom is 0.304 e. The summed E-state index contributed by atoms with van der Waals surface area (Å²) >= 11 is 0.